The number of hydrogen-bond acceptors (Lipinski definition) is 4. The van der Waals surface area contributed by atoms with Crippen LogP contribution in [0.4, 0.5) is 5.69 Å². The molecule has 2 aromatic rings. The van der Waals surface area contributed by atoms with Gasteiger partial charge in [-0.05, 0) is 11.5 Å². The van der Waals surface area contributed by atoms with E-state index in [2.05, 4.69) is 9.71 Å². The van der Waals surface area contributed by atoms with Crippen LogP contribution in [0.3, 0.4) is 0 Å². The van der Waals surface area contributed by atoms with E-state index in [0.717, 1.165) is 0 Å². The van der Waals surface area contributed by atoms with Crippen LogP contribution in [0.5, 0.6) is 0 Å². The van der Waals surface area contributed by atoms with Crippen LogP contribution in [0.1, 0.15) is 20.7 Å². The zero-order chi connectivity index (χ0) is 12.0. The van der Waals surface area contributed by atoms with Crippen molar-refractivity contribution in [1.82, 2.24) is 0 Å². The molecule has 0 N–H and O–H groups in total. The number of nitrogens with zero attached hydrogens (tertiary/aromatic N) is 2. The third kappa shape index (κ3) is 1.21. The first-order valence-electron chi connectivity index (χ1n) is 4.89. The van der Waals surface area contributed by atoms with E-state index in [9.17, 15) is 9.59 Å². The molecule has 3 rings (SSSR count). The minimum atomic E-state index is -0.718. The second-order valence-corrected chi connectivity index (χ2v) is 3.67. The van der Waals surface area contributed by atoms with Gasteiger partial charge in [0.2, 0.25) is 5.39 Å². The summed E-state index contributed by atoms with van der Waals surface area (Å²) in [6, 6.07) is 7.99. The normalized spacial score (nSPS) is 13.4. The van der Waals surface area contributed by atoms with Gasteiger partial charge in [0.05, 0.1) is 11.1 Å². The Hall–Kier alpha value is -2.74. The van der Waals surface area contributed by atoms with Gasteiger partial charge in [-0.3, -0.25) is 0 Å². The van der Waals surface area contributed by atoms with Crippen molar-refractivity contribution in [2.45, 2.75) is 0 Å². The van der Waals surface area contributed by atoms with Crippen LogP contribution in [0, 0.1) is 5.39 Å². The molecule has 0 fully saturated rings. The molecule has 0 saturated carbocycles. The van der Waals surface area contributed by atoms with Crippen molar-refractivity contribution in [3.05, 3.63) is 46.4 Å². The summed E-state index contributed by atoms with van der Waals surface area (Å²) in [7, 11) is 0. The van der Waals surface area contributed by atoms with Crippen molar-refractivity contribution in [3.8, 4) is 0 Å². The molecule has 1 aliphatic rings. The molecule has 2 aromatic carbocycles. The molecule has 0 aliphatic carbocycles. The molecule has 0 atom stereocenters. The Morgan fingerprint density at radius 1 is 1.06 bits per heavy atom. The van der Waals surface area contributed by atoms with Crippen LogP contribution < -0.4 is 0 Å². The summed E-state index contributed by atoms with van der Waals surface area (Å²) in [5.74, 6) is -1.37. The van der Waals surface area contributed by atoms with Crippen molar-refractivity contribution in [2.75, 3.05) is 0 Å². The molecule has 0 amide bonds. The number of rotatable bonds is 0. The quantitative estimate of drug-likeness (QED) is 0.392. The smallest absolute Gasteiger partial charge is 0.386 e. The lowest BCUT2D eigenvalue weighted by Crippen LogP contribution is -2.19. The lowest BCUT2D eigenvalue weighted by atomic mass is 9.97. The van der Waals surface area contributed by atoms with Gasteiger partial charge in [-0.25, -0.2) is 9.59 Å². The molecule has 0 bridgehead atoms. The van der Waals surface area contributed by atoms with Crippen LogP contribution >= 0.6 is 0 Å². The average Bonchev–Trinajstić information content (AvgIpc) is 2.35. The first kappa shape index (κ1) is 9.48. The number of hydrogen-bond donors (Lipinski definition) is 0. The second-order valence-electron chi connectivity index (χ2n) is 3.67. The number of carbonyl (C=O) groups is 2. The van der Waals surface area contributed by atoms with E-state index < -0.39 is 11.9 Å². The number of ether oxygens (including phenoxy) is 1. The van der Waals surface area contributed by atoms with Gasteiger partial charge in [0, 0.05) is 17.5 Å². The van der Waals surface area contributed by atoms with Crippen LogP contribution in [-0.2, 0) is 4.74 Å². The number of esters is 2. The molecule has 5 nitrogen and oxygen atoms in total. The maximum atomic E-state index is 11.6. The fourth-order valence-electron chi connectivity index (χ4n) is 2.00. The van der Waals surface area contributed by atoms with Gasteiger partial charge in [0.1, 0.15) is 0 Å². The summed E-state index contributed by atoms with van der Waals surface area (Å²) in [6.07, 6.45) is 0. The minimum absolute atomic E-state index is 0.241. The van der Waals surface area contributed by atoms with Crippen LogP contribution in [0.2, 0.25) is 0 Å². The van der Waals surface area contributed by atoms with Crippen LogP contribution in [0.25, 0.3) is 15.7 Å². The molecular weight excluding hydrogens is 220 g/mol. The zero-order valence-corrected chi connectivity index (χ0v) is 8.51. The third-order valence-electron chi connectivity index (χ3n) is 2.70. The number of carbonyl (C=O) groups excluding carboxylic acids is 2. The average molecular weight is 225 g/mol. The van der Waals surface area contributed by atoms with E-state index in [0.29, 0.717) is 16.3 Å². The van der Waals surface area contributed by atoms with E-state index in [-0.39, 0.29) is 11.3 Å². The Morgan fingerprint density at radius 3 is 2.59 bits per heavy atom. The maximum absolute atomic E-state index is 11.6. The highest BCUT2D eigenvalue weighted by Crippen LogP contribution is 2.32. The van der Waals surface area contributed by atoms with Gasteiger partial charge in [-0.15, -0.1) is 0 Å². The Bertz CT molecular complexity index is 728. The fraction of sp³-hybridized carbons (Fsp3) is 0. The van der Waals surface area contributed by atoms with Gasteiger partial charge < -0.3 is 4.74 Å². The maximum Gasteiger partial charge on any atom is 0.386 e. The van der Waals surface area contributed by atoms with E-state index >= 15 is 0 Å². The Kier molecular flexibility index (Phi) is 1.74. The van der Waals surface area contributed by atoms with E-state index in [1.165, 1.54) is 6.07 Å². The Labute approximate surface area is 95.2 Å². The summed E-state index contributed by atoms with van der Waals surface area (Å²) in [5.41, 5.74) is 0.836. The number of cyclic esters (lactones) is 2. The molecule has 0 radical (unpaired) electrons. The van der Waals surface area contributed by atoms with Gasteiger partial charge in [0.15, 0.2) is 4.98 Å². The molecular formula is C12H5N2O3+. The summed E-state index contributed by atoms with van der Waals surface area (Å²) >= 11 is 0. The van der Waals surface area contributed by atoms with Crippen molar-refractivity contribution in [3.63, 3.8) is 0 Å². The van der Waals surface area contributed by atoms with E-state index in [1.807, 2.05) is 0 Å². The molecule has 0 saturated heterocycles. The molecule has 1 aliphatic heterocycles. The predicted octanol–water partition coefficient (Wildman–Crippen LogP) is 2.63. The number of diazo groups is 1. The lowest BCUT2D eigenvalue weighted by Gasteiger charge is -2.13. The largest absolute Gasteiger partial charge is 0.386 e. The van der Waals surface area contributed by atoms with Gasteiger partial charge in [-0.1, -0.05) is 12.1 Å². The van der Waals surface area contributed by atoms with Crippen LogP contribution in [-0.4, -0.2) is 11.9 Å². The van der Waals surface area contributed by atoms with Crippen molar-refractivity contribution in [2.24, 2.45) is 0 Å². The lowest BCUT2D eigenvalue weighted by molar-refractivity contribution is 0.0391. The Balaban J connectivity index is 2.53. The molecule has 0 spiro atoms. The summed E-state index contributed by atoms with van der Waals surface area (Å²) in [4.78, 5) is 26.1. The van der Waals surface area contributed by atoms with Gasteiger partial charge >= 0.3 is 17.6 Å². The van der Waals surface area contributed by atoms with Gasteiger partial charge in [0.25, 0.3) is 0 Å². The fourth-order valence-corrected chi connectivity index (χ4v) is 2.00. The molecule has 17 heavy (non-hydrogen) atoms. The van der Waals surface area contributed by atoms with Gasteiger partial charge in [-0.2, -0.15) is 0 Å². The summed E-state index contributed by atoms with van der Waals surface area (Å²) in [6.45, 7) is 0. The molecule has 0 aromatic heterocycles. The summed E-state index contributed by atoms with van der Waals surface area (Å²) in [5, 5.41) is 9.96. The molecule has 80 valence electrons. The van der Waals surface area contributed by atoms with Crippen molar-refractivity contribution in [1.29, 1.82) is 5.39 Å². The molecule has 1 heterocycles. The SMILES string of the molecule is N#[N+]c1cc2c3c(cccc3c1)C(=O)OC2=O. The third-order valence-corrected chi connectivity index (χ3v) is 2.70. The van der Waals surface area contributed by atoms with Crippen LogP contribution in [0.15, 0.2) is 30.3 Å². The standard InChI is InChI=1S/C12H5N2O3/c13-14-7-4-6-2-1-3-8-10(6)9(5-7)12(16)17-11(8)15/h1-5H/q+1. The van der Waals surface area contributed by atoms with E-state index in [4.69, 9.17) is 5.39 Å². The van der Waals surface area contributed by atoms with E-state index in [1.54, 1.807) is 24.3 Å². The van der Waals surface area contributed by atoms with Crippen molar-refractivity contribution < 1.29 is 14.3 Å². The second kappa shape index (κ2) is 3.12. The highest BCUT2D eigenvalue weighted by molar-refractivity contribution is 6.21. The summed E-state index contributed by atoms with van der Waals surface area (Å²) < 4.78 is 4.60. The predicted molar refractivity (Wildman–Crippen MR) is 58.4 cm³/mol. The minimum Gasteiger partial charge on any atom is -0.386 e. The highest BCUT2D eigenvalue weighted by atomic mass is 16.6. The highest BCUT2D eigenvalue weighted by Gasteiger charge is 2.29. The van der Waals surface area contributed by atoms with Crippen molar-refractivity contribution >= 4 is 28.4 Å². The zero-order valence-electron chi connectivity index (χ0n) is 8.51. The first-order chi connectivity index (χ1) is 8.20. The number of benzene rings is 2. The molecule has 5 heteroatoms. The molecule has 0 unspecified atom stereocenters. The Morgan fingerprint density at radius 2 is 1.82 bits per heavy atom. The first-order valence-corrected chi connectivity index (χ1v) is 4.89. The topological polar surface area (TPSA) is 71.5 Å². The monoisotopic (exact) mass is 225 g/mol.